The molecule has 0 radical (unpaired) electrons. The van der Waals surface area contributed by atoms with Crippen LogP contribution < -0.4 is 10.6 Å². The van der Waals surface area contributed by atoms with E-state index in [0.717, 1.165) is 23.1 Å². The van der Waals surface area contributed by atoms with Crippen molar-refractivity contribution in [2.75, 3.05) is 25.6 Å². The summed E-state index contributed by atoms with van der Waals surface area (Å²) in [5, 5.41) is 15.8. The summed E-state index contributed by atoms with van der Waals surface area (Å²) in [6.45, 7) is 5.26. The third-order valence-corrected chi connectivity index (χ3v) is 4.07. The van der Waals surface area contributed by atoms with E-state index in [-0.39, 0.29) is 24.6 Å². The van der Waals surface area contributed by atoms with Gasteiger partial charge < -0.3 is 25.0 Å². The molecule has 0 unspecified atom stereocenters. The second-order valence-electron chi connectivity index (χ2n) is 5.82. The number of urea groups is 1. The van der Waals surface area contributed by atoms with Gasteiger partial charge >= 0.3 is 6.03 Å². The molecule has 0 fully saturated rings. The Kier molecular flexibility index (Phi) is 6.01. The number of carbonyl (C=O) groups is 1. The number of amides is 2. The number of rotatable bonds is 7. The maximum absolute atomic E-state index is 12.0. The molecule has 2 rings (SSSR count). The minimum absolute atomic E-state index is 0.0121. The van der Waals surface area contributed by atoms with E-state index in [1.54, 1.807) is 7.11 Å². The molecule has 1 aromatic heterocycles. The van der Waals surface area contributed by atoms with Gasteiger partial charge in [0, 0.05) is 49.1 Å². The van der Waals surface area contributed by atoms with Crippen LogP contribution in [0.3, 0.4) is 0 Å². The summed E-state index contributed by atoms with van der Waals surface area (Å²) in [4.78, 5) is 12.0. The molecule has 1 heterocycles. The van der Waals surface area contributed by atoms with Crippen LogP contribution in [0.1, 0.15) is 13.8 Å². The van der Waals surface area contributed by atoms with Crippen LogP contribution in [0, 0.1) is 5.92 Å². The Labute approximate surface area is 136 Å². The monoisotopic (exact) mass is 319 g/mol. The number of benzene rings is 1. The topological polar surface area (TPSA) is 75.5 Å². The lowest BCUT2D eigenvalue weighted by atomic mass is 10.1. The number of hydrogen-bond acceptors (Lipinski definition) is 3. The molecule has 3 N–H and O–H groups in total. The highest BCUT2D eigenvalue weighted by molar-refractivity contribution is 5.93. The highest BCUT2D eigenvalue weighted by Gasteiger charge is 2.14. The average Bonchev–Trinajstić information content (AvgIpc) is 2.94. The van der Waals surface area contributed by atoms with Crippen LogP contribution in [-0.2, 0) is 11.3 Å². The summed E-state index contributed by atoms with van der Waals surface area (Å²) in [5.41, 5.74) is 1.85. The van der Waals surface area contributed by atoms with E-state index in [4.69, 9.17) is 9.84 Å². The van der Waals surface area contributed by atoms with E-state index in [0.29, 0.717) is 6.61 Å². The van der Waals surface area contributed by atoms with Crippen molar-refractivity contribution in [1.82, 2.24) is 9.88 Å². The van der Waals surface area contributed by atoms with Crippen molar-refractivity contribution in [3.63, 3.8) is 0 Å². The van der Waals surface area contributed by atoms with Gasteiger partial charge in [0.15, 0.2) is 0 Å². The molecular weight excluding hydrogens is 294 g/mol. The number of methoxy groups -OCH3 is 1. The molecule has 0 saturated heterocycles. The van der Waals surface area contributed by atoms with E-state index in [1.807, 2.05) is 44.3 Å². The second-order valence-corrected chi connectivity index (χ2v) is 5.82. The minimum Gasteiger partial charge on any atom is -0.396 e. The van der Waals surface area contributed by atoms with Crippen molar-refractivity contribution in [2.24, 2.45) is 5.92 Å². The molecule has 0 aliphatic carbocycles. The standard InChI is InChI=1S/C17H25N3O3/c1-12(11-21)13(2)18-17(22)19-15-4-5-16-14(10-15)6-7-20(16)8-9-23-3/h4-7,10,12-13,21H,8-9,11H2,1-3H3,(H2,18,19,22)/t12-,13+/m0/s1. The highest BCUT2D eigenvalue weighted by Crippen LogP contribution is 2.20. The second kappa shape index (κ2) is 7.99. The van der Waals surface area contributed by atoms with Gasteiger partial charge in [-0.1, -0.05) is 6.92 Å². The van der Waals surface area contributed by atoms with E-state index >= 15 is 0 Å². The SMILES string of the molecule is COCCn1ccc2cc(NC(=O)N[C@H](C)[C@@H](C)CO)ccc21. The zero-order valence-corrected chi connectivity index (χ0v) is 13.9. The molecule has 23 heavy (non-hydrogen) atoms. The van der Waals surface area contributed by atoms with Crippen molar-refractivity contribution in [3.8, 4) is 0 Å². The number of aliphatic hydroxyl groups excluding tert-OH is 1. The summed E-state index contributed by atoms with van der Waals surface area (Å²) in [6, 6.07) is 7.46. The molecule has 0 saturated carbocycles. The van der Waals surface area contributed by atoms with Gasteiger partial charge in [0.25, 0.3) is 0 Å². The lowest BCUT2D eigenvalue weighted by Crippen LogP contribution is -2.40. The number of carbonyl (C=O) groups excluding carboxylic acids is 1. The molecule has 1 aromatic carbocycles. The zero-order valence-electron chi connectivity index (χ0n) is 13.9. The number of hydrogen-bond donors (Lipinski definition) is 3. The summed E-state index contributed by atoms with van der Waals surface area (Å²) < 4.78 is 7.22. The highest BCUT2D eigenvalue weighted by atomic mass is 16.5. The predicted molar refractivity (Wildman–Crippen MR) is 91.7 cm³/mol. The van der Waals surface area contributed by atoms with Gasteiger partial charge in [-0.2, -0.15) is 0 Å². The lowest BCUT2D eigenvalue weighted by molar-refractivity contribution is 0.188. The van der Waals surface area contributed by atoms with Gasteiger partial charge in [0.2, 0.25) is 0 Å². The summed E-state index contributed by atoms with van der Waals surface area (Å²) in [7, 11) is 1.69. The fourth-order valence-corrected chi connectivity index (χ4v) is 2.34. The van der Waals surface area contributed by atoms with Crippen molar-refractivity contribution in [1.29, 1.82) is 0 Å². The molecule has 2 aromatic rings. The fraction of sp³-hybridized carbons (Fsp3) is 0.471. The molecule has 6 nitrogen and oxygen atoms in total. The first-order valence-corrected chi connectivity index (χ1v) is 7.81. The molecule has 0 aliphatic rings. The molecular formula is C17H25N3O3. The van der Waals surface area contributed by atoms with Crippen molar-refractivity contribution in [3.05, 3.63) is 30.5 Å². The predicted octanol–water partition coefficient (Wildman–Crippen LogP) is 2.43. The minimum atomic E-state index is -0.268. The van der Waals surface area contributed by atoms with Crippen LogP contribution in [0.25, 0.3) is 10.9 Å². The largest absolute Gasteiger partial charge is 0.396 e. The Hall–Kier alpha value is -2.05. The zero-order chi connectivity index (χ0) is 16.8. The molecule has 2 amide bonds. The number of nitrogens with one attached hydrogen (secondary N) is 2. The first-order valence-electron chi connectivity index (χ1n) is 7.81. The van der Waals surface area contributed by atoms with Crippen molar-refractivity contribution >= 4 is 22.6 Å². The van der Waals surface area contributed by atoms with Gasteiger partial charge in [-0.15, -0.1) is 0 Å². The van der Waals surface area contributed by atoms with Crippen LogP contribution in [0.4, 0.5) is 10.5 Å². The molecule has 0 spiro atoms. The summed E-state index contributed by atoms with van der Waals surface area (Å²) in [6.07, 6.45) is 2.01. The first-order chi connectivity index (χ1) is 11.0. The van der Waals surface area contributed by atoms with E-state index < -0.39 is 0 Å². The maximum atomic E-state index is 12.0. The number of aromatic nitrogens is 1. The Balaban J connectivity index is 2.02. The van der Waals surface area contributed by atoms with E-state index in [2.05, 4.69) is 15.2 Å². The third-order valence-electron chi connectivity index (χ3n) is 4.07. The van der Waals surface area contributed by atoms with Crippen molar-refractivity contribution in [2.45, 2.75) is 26.4 Å². The van der Waals surface area contributed by atoms with Crippen molar-refractivity contribution < 1.29 is 14.6 Å². The summed E-state index contributed by atoms with van der Waals surface area (Å²) in [5.74, 6) is 0.0121. The Morgan fingerprint density at radius 3 is 2.83 bits per heavy atom. The quantitative estimate of drug-likeness (QED) is 0.733. The molecule has 2 atom stereocenters. The van der Waals surface area contributed by atoms with Crippen LogP contribution in [0.2, 0.25) is 0 Å². The number of aliphatic hydroxyl groups is 1. The van der Waals surface area contributed by atoms with Gasteiger partial charge in [-0.25, -0.2) is 4.79 Å². The van der Waals surface area contributed by atoms with Gasteiger partial charge in [-0.3, -0.25) is 0 Å². The number of fused-ring (bicyclic) bond motifs is 1. The Bertz CT molecular complexity index is 654. The van der Waals surface area contributed by atoms with Gasteiger partial charge in [0.1, 0.15) is 0 Å². The maximum Gasteiger partial charge on any atom is 0.319 e. The smallest absolute Gasteiger partial charge is 0.319 e. The molecule has 0 bridgehead atoms. The normalized spacial score (nSPS) is 13.7. The van der Waals surface area contributed by atoms with E-state index in [9.17, 15) is 4.79 Å². The Morgan fingerprint density at radius 2 is 2.13 bits per heavy atom. The van der Waals surface area contributed by atoms with Crippen LogP contribution >= 0.6 is 0 Å². The van der Waals surface area contributed by atoms with E-state index in [1.165, 1.54) is 0 Å². The number of ether oxygens (including phenoxy) is 1. The lowest BCUT2D eigenvalue weighted by Gasteiger charge is -2.19. The van der Waals surface area contributed by atoms with Crippen LogP contribution in [-0.4, -0.2) is 42.1 Å². The third kappa shape index (κ3) is 4.46. The first kappa shape index (κ1) is 17.3. The Morgan fingerprint density at radius 1 is 1.35 bits per heavy atom. The van der Waals surface area contributed by atoms with Crippen LogP contribution in [0.15, 0.2) is 30.5 Å². The fourth-order valence-electron chi connectivity index (χ4n) is 2.34. The average molecular weight is 319 g/mol. The molecule has 6 heteroatoms. The number of nitrogens with zero attached hydrogens (tertiary/aromatic N) is 1. The van der Waals surface area contributed by atoms with Crippen LogP contribution in [0.5, 0.6) is 0 Å². The summed E-state index contributed by atoms with van der Waals surface area (Å²) >= 11 is 0. The van der Waals surface area contributed by atoms with Gasteiger partial charge in [0.05, 0.1) is 6.61 Å². The molecule has 0 aliphatic heterocycles. The molecule has 126 valence electrons. The van der Waals surface area contributed by atoms with Gasteiger partial charge in [-0.05, 0) is 37.1 Å². The number of anilines is 1.